The zero-order chi connectivity index (χ0) is 20.4. The molecule has 4 rings (SSSR count). The van der Waals surface area contributed by atoms with Crippen molar-refractivity contribution in [3.05, 3.63) is 71.0 Å². The molecule has 2 aromatic rings. The van der Waals surface area contributed by atoms with Gasteiger partial charge in [-0.2, -0.15) is 0 Å². The fraction of sp³-hybridized carbons (Fsp3) is 0.417. The molecule has 0 bridgehead atoms. The Hall–Kier alpha value is -2.69. The number of nitrogens with one attached hydrogen (secondary N) is 1. The molecule has 2 fully saturated rings. The number of rotatable bonds is 6. The van der Waals surface area contributed by atoms with Gasteiger partial charge in [0.05, 0.1) is 17.9 Å². The van der Waals surface area contributed by atoms with E-state index >= 15 is 0 Å². The van der Waals surface area contributed by atoms with E-state index in [2.05, 4.69) is 5.32 Å². The lowest BCUT2D eigenvalue weighted by Gasteiger charge is -2.27. The summed E-state index contributed by atoms with van der Waals surface area (Å²) in [4.78, 5) is 24.5. The summed E-state index contributed by atoms with van der Waals surface area (Å²) in [6.45, 7) is 0. The van der Waals surface area contributed by atoms with Gasteiger partial charge in [0.15, 0.2) is 0 Å². The van der Waals surface area contributed by atoms with E-state index in [0.29, 0.717) is 24.3 Å². The van der Waals surface area contributed by atoms with Crippen LogP contribution in [0, 0.1) is 17.7 Å². The van der Waals surface area contributed by atoms with Gasteiger partial charge >= 0.3 is 5.97 Å². The Kier molecular flexibility index (Phi) is 5.65. The Balaban J connectivity index is 1.61. The first-order valence-corrected chi connectivity index (χ1v) is 10.4. The second kappa shape index (κ2) is 8.36. The van der Waals surface area contributed by atoms with Gasteiger partial charge in [-0.15, -0.1) is 0 Å². The average Bonchev–Trinajstić information content (AvgIpc) is 3.17. The third kappa shape index (κ3) is 4.04. The minimum Gasteiger partial charge on any atom is -0.481 e. The molecule has 2 aromatic carbocycles. The lowest BCUT2D eigenvalue weighted by molar-refractivity contribution is -0.146. The van der Waals surface area contributed by atoms with E-state index in [9.17, 15) is 19.1 Å². The van der Waals surface area contributed by atoms with Crippen molar-refractivity contribution in [2.75, 3.05) is 0 Å². The minimum absolute atomic E-state index is 0.230. The monoisotopic (exact) mass is 395 g/mol. The number of amides is 1. The predicted molar refractivity (Wildman–Crippen MR) is 108 cm³/mol. The van der Waals surface area contributed by atoms with Crippen LogP contribution in [-0.4, -0.2) is 17.0 Å². The number of carbonyl (C=O) groups excluding carboxylic acids is 1. The fourth-order valence-corrected chi connectivity index (χ4v) is 4.60. The van der Waals surface area contributed by atoms with E-state index in [4.69, 9.17) is 0 Å². The van der Waals surface area contributed by atoms with Crippen LogP contribution in [0.5, 0.6) is 0 Å². The smallest absolute Gasteiger partial charge is 0.307 e. The summed E-state index contributed by atoms with van der Waals surface area (Å²) in [6.07, 6.45) is 5.00. The summed E-state index contributed by atoms with van der Waals surface area (Å²) >= 11 is 0. The first-order valence-electron chi connectivity index (χ1n) is 10.4. The van der Waals surface area contributed by atoms with Crippen LogP contribution in [0.1, 0.15) is 67.2 Å². The van der Waals surface area contributed by atoms with Gasteiger partial charge < -0.3 is 10.4 Å². The SMILES string of the molecule is O=C(O)[C@H]1CCC[C@H]1C(=O)N[C@@H](c1ccccc1)c1ccc(C2CCC2)c(F)c1. The van der Waals surface area contributed by atoms with Crippen LogP contribution in [0.4, 0.5) is 4.39 Å². The third-order valence-corrected chi connectivity index (χ3v) is 6.49. The highest BCUT2D eigenvalue weighted by molar-refractivity contribution is 5.85. The Morgan fingerprint density at radius 1 is 0.931 bits per heavy atom. The van der Waals surface area contributed by atoms with Gasteiger partial charge in [0.1, 0.15) is 5.82 Å². The summed E-state index contributed by atoms with van der Waals surface area (Å²) in [5.41, 5.74) is 2.27. The number of carboxylic acid groups (broad SMARTS) is 1. The van der Waals surface area contributed by atoms with Gasteiger partial charge in [-0.3, -0.25) is 9.59 Å². The van der Waals surface area contributed by atoms with Gasteiger partial charge in [0, 0.05) is 0 Å². The summed E-state index contributed by atoms with van der Waals surface area (Å²) in [5.74, 6) is -2.32. The minimum atomic E-state index is -0.921. The molecular weight excluding hydrogens is 369 g/mol. The molecule has 0 heterocycles. The lowest BCUT2D eigenvalue weighted by Crippen LogP contribution is -2.38. The van der Waals surface area contributed by atoms with E-state index in [1.807, 2.05) is 42.5 Å². The Labute approximate surface area is 170 Å². The van der Waals surface area contributed by atoms with Gasteiger partial charge in [-0.25, -0.2) is 4.39 Å². The molecular formula is C24H26FNO3. The summed E-state index contributed by atoms with van der Waals surface area (Å²) in [6, 6.07) is 14.2. The third-order valence-electron chi connectivity index (χ3n) is 6.49. The zero-order valence-electron chi connectivity index (χ0n) is 16.3. The van der Waals surface area contributed by atoms with Crippen molar-refractivity contribution in [3.63, 3.8) is 0 Å². The van der Waals surface area contributed by atoms with Crippen molar-refractivity contribution in [2.45, 2.75) is 50.5 Å². The fourth-order valence-electron chi connectivity index (χ4n) is 4.60. The molecule has 2 N–H and O–H groups in total. The molecule has 1 amide bonds. The standard InChI is InChI=1S/C24H26FNO3/c25-21-14-17(12-13-18(21)15-8-4-9-15)22(16-6-2-1-3-7-16)26-23(27)19-10-5-11-20(19)24(28)29/h1-3,6-7,12-15,19-20,22H,4-5,8-11H2,(H,26,27)(H,28,29)/t19-,20+,22+/m1/s1. The van der Waals surface area contributed by atoms with Gasteiger partial charge in [-0.1, -0.05) is 55.3 Å². The molecule has 2 saturated carbocycles. The normalized spacial score (nSPS) is 22.7. The average molecular weight is 395 g/mol. The first-order chi connectivity index (χ1) is 14.0. The summed E-state index contributed by atoms with van der Waals surface area (Å²) in [7, 11) is 0. The zero-order valence-corrected chi connectivity index (χ0v) is 16.3. The molecule has 0 unspecified atom stereocenters. The summed E-state index contributed by atoms with van der Waals surface area (Å²) < 4.78 is 14.8. The van der Waals surface area contributed by atoms with Gasteiger partial charge in [-0.05, 0) is 54.4 Å². The van der Waals surface area contributed by atoms with E-state index < -0.39 is 23.8 Å². The van der Waals surface area contributed by atoms with Crippen molar-refractivity contribution in [1.29, 1.82) is 0 Å². The predicted octanol–water partition coefficient (Wildman–Crippen LogP) is 4.80. The molecule has 0 saturated heterocycles. The van der Waals surface area contributed by atoms with E-state index in [0.717, 1.165) is 36.8 Å². The second-order valence-electron chi connectivity index (χ2n) is 8.24. The van der Waals surface area contributed by atoms with E-state index in [1.165, 1.54) is 6.07 Å². The van der Waals surface area contributed by atoms with E-state index in [-0.39, 0.29) is 11.7 Å². The number of halogens is 1. The molecule has 0 aliphatic heterocycles. The van der Waals surface area contributed by atoms with Crippen LogP contribution < -0.4 is 5.32 Å². The number of benzene rings is 2. The number of carbonyl (C=O) groups is 2. The number of aliphatic carboxylic acids is 1. The largest absolute Gasteiger partial charge is 0.481 e. The van der Waals surface area contributed by atoms with Crippen LogP contribution in [0.15, 0.2) is 48.5 Å². The van der Waals surface area contributed by atoms with Gasteiger partial charge in [0.2, 0.25) is 5.91 Å². The van der Waals surface area contributed by atoms with Crippen molar-refractivity contribution in [1.82, 2.24) is 5.32 Å². The van der Waals surface area contributed by atoms with Crippen LogP contribution in [0.3, 0.4) is 0 Å². The van der Waals surface area contributed by atoms with Crippen molar-refractivity contribution < 1.29 is 19.1 Å². The maximum absolute atomic E-state index is 14.8. The summed E-state index contributed by atoms with van der Waals surface area (Å²) in [5, 5.41) is 12.4. The van der Waals surface area contributed by atoms with Crippen LogP contribution in [0.2, 0.25) is 0 Å². The van der Waals surface area contributed by atoms with Crippen molar-refractivity contribution in [2.24, 2.45) is 11.8 Å². The molecule has 0 aromatic heterocycles. The van der Waals surface area contributed by atoms with Gasteiger partial charge in [0.25, 0.3) is 0 Å². The van der Waals surface area contributed by atoms with Crippen LogP contribution in [-0.2, 0) is 9.59 Å². The second-order valence-corrected chi connectivity index (χ2v) is 8.24. The highest BCUT2D eigenvalue weighted by Gasteiger charge is 2.38. The molecule has 2 aliphatic carbocycles. The Bertz CT molecular complexity index is 894. The van der Waals surface area contributed by atoms with Crippen LogP contribution in [0.25, 0.3) is 0 Å². The highest BCUT2D eigenvalue weighted by atomic mass is 19.1. The first kappa shape index (κ1) is 19.6. The maximum Gasteiger partial charge on any atom is 0.307 e. The molecule has 0 spiro atoms. The number of hydrogen-bond donors (Lipinski definition) is 2. The molecule has 2 aliphatic rings. The van der Waals surface area contributed by atoms with Crippen LogP contribution >= 0.6 is 0 Å². The maximum atomic E-state index is 14.8. The topological polar surface area (TPSA) is 66.4 Å². The number of hydrogen-bond acceptors (Lipinski definition) is 2. The molecule has 0 radical (unpaired) electrons. The lowest BCUT2D eigenvalue weighted by atomic mass is 9.79. The van der Waals surface area contributed by atoms with Crippen molar-refractivity contribution >= 4 is 11.9 Å². The molecule has 29 heavy (non-hydrogen) atoms. The Morgan fingerprint density at radius 2 is 1.62 bits per heavy atom. The Morgan fingerprint density at radius 3 is 2.24 bits per heavy atom. The molecule has 4 nitrogen and oxygen atoms in total. The molecule has 5 heteroatoms. The molecule has 152 valence electrons. The number of carboxylic acids is 1. The molecule has 3 atom stereocenters. The quantitative estimate of drug-likeness (QED) is 0.738. The van der Waals surface area contributed by atoms with Crippen molar-refractivity contribution in [3.8, 4) is 0 Å². The van der Waals surface area contributed by atoms with E-state index in [1.54, 1.807) is 0 Å². The highest BCUT2D eigenvalue weighted by Crippen LogP contribution is 2.39.